The molecule has 0 aliphatic carbocycles. The van der Waals surface area contributed by atoms with E-state index in [9.17, 15) is 19.2 Å². The Kier molecular flexibility index (Phi) is 5.92. The molecule has 0 unspecified atom stereocenters. The van der Waals surface area contributed by atoms with Crippen LogP contribution >= 0.6 is 0 Å². The predicted octanol–water partition coefficient (Wildman–Crippen LogP) is 4.40. The lowest BCUT2D eigenvalue weighted by atomic mass is 10.0. The molecule has 1 saturated heterocycles. The van der Waals surface area contributed by atoms with Crippen LogP contribution in [0.15, 0.2) is 96.7 Å². The standard InChI is InChI=1S/C28H21N3O5/c1-36-25(32)18-29-17-19(22-14-8-9-15-24(22)29)16-23-26(33)30(20-10-4-2-5-11-20)28(35)31(27(23)34)21-12-6-3-7-13-21/h2-17H,18H2,1H3. The van der Waals surface area contributed by atoms with Gasteiger partial charge in [0, 0.05) is 22.7 Å². The molecule has 5 rings (SSSR count). The smallest absolute Gasteiger partial charge is 0.343 e. The lowest BCUT2D eigenvalue weighted by Gasteiger charge is -2.33. The second-order valence-electron chi connectivity index (χ2n) is 8.10. The zero-order chi connectivity index (χ0) is 25.2. The second kappa shape index (κ2) is 9.34. The van der Waals surface area contributed by atoms with E-state index in [1.54, 1.807) is 71.4 Å². The number of ether oxygens (including phenoxy) is 1. The minimum atomic E-state index is -0.757. The highest BCUT2D eigenvalue weighted by atomic mass is 16.5. The molecule has 0 saturated carbocycles. The number of hydrogen-bond donors (Lipinski definition) is 0. The van der Waals surface area contributed by atoms with Crippen molar-refractivity contribution >= 4 is 52.2 Å². The maximum atomic E-state index is 13.6. The molecule has 8 heteroatoms. The molecule has 36 heavy (non-hydrogen) atoms. The van der Waals surface area contributed by atoms with Gasteiger partial charge in [0.2, 0.25) is 0 Å². The van der Waals surface area contributed by atoms with E-state index < -0.39 is 23.8 Å². The quantitative estimate of drug-likeness (QED) is 0.241. The number of benzene rings is 3. The van der Waals surface area contributed by atoms with E-state index in [4.69, 9.17) is 4.74 Å². The molecular weight excluding hydrogens is 458 g/mol. The van der Waals surface area contributed by atoms with Gasteiger partial charge in [-0.3, -0.25) is 14.4 Å². The van der Waals surface area contributed by atoms with Crippen molar-refractivity contribution in [2.45, 2.75) is 6.54 Å². The summed E-state index contributed by atoms with van der Waals surface area (Å²) in [7, 11) is 1.31. The Morgan fingerprint density at radius 3 is 1.86 bits per heavy atom. The van der Waals surface area contributed by atoms with Crippen molar-refractivity contribution in [3.63, 3.8) is 0 Å². The summed E-state index contributed by atoms with van der Waals surface area (Å²) in [5.41, 5.74) is 1.81. The lowest BCUT2D eigenvalue weighted by molar-refractivity contribution is -0.141. The topological polar surface area (TPSA) is 88.9 Å². The molecule has 1 aromatic heterocycles. The highest BCUT2D eigenvalue weighted by Crippen LogP contribution is 2.31. The number of imide groups is 2. The number of amides is 4. The van der Waals surface area contributed by atoms with Gasteiger partial charge in [0.05, 0.1) is 18.5 Å². The molecule has 3 aromatic carbocycles. The van der Waals surface area contributed by atoms with Gasteiger partial charge in [0.1, 0.15) is 12.1 Å². The zero-order valence-corrected chi connectivity index (χ0v) is 19.3. The van der Waals surface area contributed by atoms with Gasteiger partial charge >= 0.3 is 12.0 Å². The molecule has 1 fully saturated rings. The van der Waals surface area contributed by atoms with Crippen molar-refractivity contribution in [1.82, 2.24) is 4.57 Å². The first-order valence-electron chi connectivity index (χ1n) is 11.2. The van der Waals surface area contributed by atoms with Crippen LogP contribution in [0.1, 0.15) is 5.56 Å². The molecule has 0 spiro atoms. The Morgan fingerprint density at radius 1 is 0.778 bits per heavy atom. The molecule has 178 valence electrons. The average Bonchev–Trinajstić information content (AvgIpc) is 3.24. The molecule has 8 nitrogen and oxygen atoms in total. The summed E-state index contributed by atoms with van der Waals surface area (Å²) in [6.07, 6.45) is 3.16. The number of barbiturate groups is 1. The van der Waals surface area contributed by atoms with E-state index in [-0.39, 0.29) is 12.1 Å². The molecule has 0 atom stereocenters. The van der Waals surface area contributed by atoms with Gasteiger partial charge < -0.3 is 9.30 Å². The highest BCUT2D eigenvalue weighted by Gasteiger charge is 2.43. The van der Waals surface area contributed by atoms with E-state index in [1.165, 1.54) is 13.2 Å². The number of nitrogens with zero attached hydrogens (tertiary/aromatic N) is 3. The van der Waals surface area contributed by atoms with Gasteiger partial charge in [-0.25, -0.2) is 14.6 Å². The second-order valence-corrected chi connectivity index (χ2v) is 8.10. The summed E-state index contributed by atoms with van der Waals surface area (Å²) in [5.74, 6) is -1.89. The minimum absolute atomic E-state index is 0.0349. The summed E-state index contributed by atoms with van der Waals surface area (Å²) >= 11 is 0. The van der Waals surface area contributed by atoms with Gasteiger partial charge in [-0.15, -0.1) is 0 Å². The van der Waals surface area contributed by atoms with Crippen LogP contribution in [-0.4, -0.2) is 35.5 Å². The van der Waals surface area contributed by atoms with Crippen molar-refractivity contribution < 1.29 is 23.9 Å². The van der Waals surface area contributed by atoms with E-state index >= 15 is 0 Å². The van der Waals surface area contributed by atoms with Crippen molar-refractivity contribution in [3.05, 3.63) is 102 Å². The zero-order valence-electron chi connectivity index (χ0n) is 19.3. The van der Waals surface area contributed by atoms with Gasteiger partial charge in [-0.05, 0) is 36.4 Å². The summed E-state index contributed by atoms with van der Waals surface area (Å²) in [5, 5.41) is 0.740. The maximum absolute atomic E-state index is 13.6. The van der Waals surface area contributed by atoms with Crippen molar-refractivity contribution in [2.75, 3.05) is 16.9 Å². The number of rotatable bonds is 5. The third-order valence-electron chi connectivity index (χ3n) is 5.92. The highest BCUT2D eigenvalue weighted by molar-refractivity contribution is 6.46. The van der Waals surface area contributed by atoms with Crippen molar-refractivity contribution in [1.29, 1.82) is 0 Å². The van der Waals surface area contributed by atoms with Gasteiger partial charge in [-0.2, -0.15) is 0 Å². The molecule has 4 amide bonds. The van der Waals surface area contributed by atoms with Crippen molar-refractivity contribution in [2.24, 2.45) is 0 Å². The molecule has 2 heterocycles. The molecule has 0 N–H and O–H groups in total. The summed E-state index contributed by atoms with van der Waals surface area (Å²) in [4.78, 5) is 54.6. The van der Waals surface area contributed by atoms with Crippen LogP contribution in [0.5, 0.6) is 0 Å². The third kappa shape index (κ3) is 3.94. The fourth-order valence-corrected chi connectivity index (χ4v) is 4.22. The molecule has 0 radical (unpaired) electrons. The molecule has 1 aliphatic heterocycles. The Morgan fingerprint density at radius 2 is 1.31 bits per heavy atom. The van der Waals surface area contributed by atoms with Gasteiger partial charge in [0.25, 0.3) is 11.8 Å². The van der Waals surface area contributed by atoms with E-state index in [0.717, 1.165) is 20.7 Å². The number of anilines is 2. The normalized spacial score (nSPS) is 13.9. The number of carbonyl (C=O) groups excluding carboxylic acids is 4. The van der Waals surface area contributed by atoms with Gasteiger partial charge in [-0.1, -0.05) is 54.6 Å². The van der Waals surface area contributed by atoms with Crippen LogP contribution in [0.3, 0.4) is 0 Å². The van der Waals surface area contributed by atoms with E-state index in [1.807, 2.05) is 24.3 Å². The molecule has 0 bridgehead atoms. The molecular formula is C28H21N3O5. The fraction of sp³-hybridized carbons (Fsp3) is 0.0714. The van der Waals surface area contributed by atoms with Crippen LogP contribution in [0.25, 0.3) is 17.0 Å². The first-order chi connectivity index (χ1) is 17.5. The Hall–Kier alpha value is -4.98. The first kappa shape index (κ1) is 22.8. The fourth-order valence-electron chi connectivity index (χ4n) is 4.22. The van der Waals surface area contributed by atoms with Crippen LogP contribution in [0.4, 0.5) is 16.2 Å². The molecule has 1 aliphatic rings. The minimum Gasteiger partial charge on any atom is -0.468 e. The summed E-state index contributed by atoms with van der Waals surface area (Å²) < 4.78 is 6.49. The Bertz CT molecular complexity index is 1460. The monoisotopic (exact) mass is 479 g/mol. The number of esters is 1. The SMILES string of the molecule is COC(=O)Cn1cc(C=C2C(=O)N(c3ccccc3)C(=O)N(c3ccccc3)C2=O)c2ccccc21. The maximum Gasteiger partial charge on any atom is 0.343 e. The van der Waals surface area contributed by atoms with Crippen LogP contribution in [-0.2, 0) is 25.7 Å². The van der Waals surface area contributed by atoms with Gasteiger partial charge in [0.15, 0.2) is 0 Å². The average molecular weight is 479 g/mol. The lowest BCUT2D eigenvalue weighted by Crippen LogP contribution is -2.57. The third-order valence-corrected chi connectivity index (χ3v) is 5.92. The van der Waals surface area contributed by atoms with E-state index in [2.05, 4.69) is 0 Å². The Labute approximate surface area is 206 Å². The predicted molar refractivity (Wildman–Crippen MR) is 135 cm³/mol. The summed E-state index contributed by atoms with van der Waals surface area (Å²) in [6.45, 7) is -0.0349. The van der Waals surface area contributed by atoms with E-state index in [0.29, 0.717) is 16.9 Å². The van der Waals surface area contributed by atoms with Crippen molar-refractivity contribution in [3.8, 4) is 0 Å². The number of aromatic nitrogens is 1. The largest absolute Gasteiger partial charge is 0.468 e. The number of carbonyl (C=O) groups is 4. The van der Waals surface area contributed by atoms with Crippen LogP contribution in [0.2, 0.25) is 0 Å². The Balaban J connectivity index is 1.67. The summed E-state index contributed by atoms with van der Waals surface area (Å²) in [6, 6.07) is 23.5. The number of fused-ring (bicyclic) bond motifs is 1. The first-order valence-corrected chi connectivity index (χ1v) is 11.2. The van der Waals surface area contributed by atoms with Crippen LogP contribution < -0.4 is 9.80 Å². The number of urea groups is 1. The number of hydrogen-bond acceptors (Lipinski definition) is 5. The molecule has 4 aromatic rings. The number of para-hydroxylation sites is 3. The number of methoxy groups -OCH3 is 1. The van der Waals surface area contributed by atoms with Crippen LogP contribution in [0, 0.1) is 0 Å².